The van der Waals surface area contributed by atoms with Gasteiger partial charge in [0.25, 0.3) is 10.0 Å². The summed E-state index contributed by atoms with van der Waals surface area (Å²) in [5, 5.41) is 0.148. The molecule has 0 unspecified atom stereocenters. The third-order valence-electron chi connectivity index (χ3n) is 3.75. The van der Waals surface area contributed by atoms with Crippen molar-refractivity contribution in [1.82, 2.24) is 9.38 Å². The van der Waals surface area contributed by atoms with E-state index < -0.39 is 10.0 Å². The lowest BCUT2D eigenvalue weighted by Crippen LogP contribution is -2.17. The van der Waals surface area contributed by atoms with Gasteiger partial charge < -0.3 is 0 Å². The molecular weight excluding hydrogens is 358 g/mol. The number of benzene rings is 1. The second-order valence-corrected chi connectivity index (χ2v) is 9.00. The SMILES string of the molecule is CC(=O)c1cccc(NS(=O)(=O)c2c(C(C)C)nc3sc(C)cn23)c1. The Bertz CT molecular complexity index is 1060. The standard InChI is InChI=1S/C17H19N3O3S2/c1-10(2)15-16(20-9-11(3)24-17(20)18-15)25(22,23)19-14-7-5-6-13(8-14)12(4)21/h5-10,19H,1-4H3. The number of rotatable bonds is 5. The number of imidazole rings is 1. The third-order valence-corrected chi connectivity index (χ3v) is 6.06. The number of sulfonamides is 1. The van der Waals surface area contributed by atoms with Crippen molar-refractivity contribution in [3.63, 3.8) is 0 Å². The molecule has 0 spiro atoms. The molecule has 0 aliphatic rings. The van der Waals surface area contributed by atoms with E-state index in [9.17, 15) is 13.2 Å². The van der Waals surface area contributed by atoms with Crippen molar-refractivity contribution in [3.8, 4) is 0 Å². The molecule has 0 atom stereocenters. The first-order chi connectivity index (χ1) is 11.7. The molecule has 0 amide bonds. The molecule has 0 saturated carbocycles. The van der Waals surface area contributed by atoms with Gasteiger partial charge in [-0.1, -0.05) is 26.0 Å². The number of aryl methyl sites for hydroxylation is 1. The summed E-state index contributed by atoms with van der Waals surface area (Å²) in [5.74, 6) is -0.161. The Morgan fingerprint density at radius 3 is 2.68 bits per heavy atom. The fourth-order valence-corrected chi connectivity index (χ4v) is 4.98. The van der Waals surface area contributed by atoms with Gasteiger partial charge in [0.05, 0.1) is 5.69 Å². The smallest absolute Gasteiger partial charge is 0.279 e. The summed E-state index contributed by atoms with van der Waals surface area (Å²) < 4.78 is 30.3. The van der Waals surface area contributed by atoms with E-state index in [0.717, 1.165) is 4.88 Å². The monoisotopic (exact) mass is 377 g/mol. The van der Waals surface area contributed by atoms with Gasteiger partial charge in [-0.05, 0) is 31.9 Å². The van der Waals surface area contributed by atoms with Crippen LogP contribution in [-0.4, -0.2) is 23.6 Å². The average Bonchev–Trinajstić information content (AvgIpc) is 3.02. The molecule has 0 aliphatic heterocycles. The van der Waals surface area contributed by atoms with Crippen molar-refractivity contribution >= 4 is 37.8 Å². The summed E-state index contributed by atoms with van der Waals surface area (Å²) >= 11 is 1.45. The van der Waals surface area contributed by atoms with E-state index in [1.807, 2.05) is 20.8 Å². The molecule has 3 rings (SSSR count). The lowest BCUT2D eigenvalue weighted by atomic mass is 10.1. The van der Waals surface area contributed by atoms with E-state index in [4.69, 9.17) is 0 Å². The molecule has 0 saturated heterocycles. The first-order valence-electron chi connectivity index (χ1n) is 7.81. The van der Waals surface area contributed by atoms with Crippen molar-refractivity contribution < 1.29 is 13.2 Å². The van der Waals surface area contributed by atoms with Crippen LogP contribution in [0.5, 0.6) is 0 Å². The summed E-state index contributed by atoms with van der Waals surface area (Å²) in [6.07, 6.45) is 1.78. The van der Waals surface area contributed by atoms with Gasteiger partial charge >= 0.3 is 0 Å². The van der Waals surface area contributed by atoms with E-state index in [1.165, 1.54) is 24.3 Å². The number of carbonyl (C=O) groups is 1. The number of hydrogen-bond donors (Lipinski definition) is 1. The van der Waals surface area contributed by atoms with Crippen LogP contribution in [0.1, 0.15) is 47.6 Å². The first-order valence-corrected chi connectivity index (χ1v) is 10.1. The number of nitrogens with one attached hydrogen (secondary N) is 1. The van der Waals surface area contributed by atoms with E-state index in [0.29, 0.717) is 21.9 Å². The zero-order valence-electron chi connectivity index (χ0n) is 14.4. The molecule has 0 fully saturated rings. The molecule has 3 aromatic rings. The molecule has 1 N–H and O–H groups in total. The average molecular weight is 377 g/mol. The van der Waals surface area contributed by atoms with Crippen molar-refractivity contribution in [2.24, 2.45) is 0 Å². The van der Waals surface area contributed by atoms with Crippen LogP contribution in [0.15, 0.2) is 35.5 Å². The second-order valence-electron chi connectivity index (χ2n) is 6.19. The Balaban J connectivity index is 2.11. The fourth-order valence-electron chi connectivity index (χ4n) is 2.60. The van der Waals surface area contributed by atoms with Gasteiger partial charge in [-0.25, -0.2) is 4.98 Å². The summed E-state index contributed by atoms with van der Waals surface area (Å²) in [4.78, 5) is 17.6. The maximum Gasteiger partial charge on any atom is 0.279 e. The maximum atomic E-state index is 13.0. The van der Waals surface area contributed by atoms with Gasteiger partial charge in [0, 0.05) is 22.3 Å². The molecule has 0 aliphatic carbocycles. The van der Waals surface area contributed by atoms with Crippen LogP contribution in [0.2, 0.25) is 0 Å². The molecule has 2 heterocycles. The molecule has 25 heavy (non-hydrogen) atoms. The minimum atomic E-state index is -3.86. The summed E-state index contributed by atoms with van der Waals surface area (Å²) in [6.45, 7) is 7.18. The number of thiazole rings is 1. The summed E-state index contributed by atoms with van der Waals surface area (Å²) in [6, 6.07) is 6.46. The minimum Gasteiger partial charge on any atom is -0.295 e. The highest BCUT2D eigenvalue weighted by atomic mass is 32.2. The number of fused-ring (bicyclic) bond motifs is 1. The lowest BCUT2D eigenvalue weighted by molar-refractivity contribution is 0.101. The molecular formula is C17H19N3O3S2. The van der Waals surface area contributed by atoms with Crippen LogP contribution in [0.25, 0.3) is 4.96 Å². The number of carbonyl (C=O) groups excluding carboxylic acids is 1. The van der Waals surface area contributed by atoms with Gasteiger partial charge in [-0.15, -0.1) is 11.3 Å². The van der Waals surface area contributed by atoms with E-state index >= 15 is 0 Å². The highest BCUT2D eigenvalue weighted by molar-refractivity contribution is 7.92. The molecule has 6 nitrogen and oxygen atoms in total. The highest BCUT2D eigenvalue weighted by Gasteiger charge is 2.28. The number of hydrogen-bond acceptors (Lipinski definition) is 5. The van der Waals surface area contributed by atoms with Gasteiger partial charge in [-0.3, -0.25) is 13.9 Å². The normalized spacial score (nSPS) is 12.0. The Morgan fingerprint density at radius 2 is 2.04 bits per heavy atom. The first kappa shape index (κ1) is 17.6. The van der Waals surface area contributed by atoms with Crippen LogP contribution >= 0.6 is 11.3 Å². The van der Waals surface area contributed by atoms with Gasteiger partial charge in [0.2, 0.25) is 0 Å². The summed E-state index contributed by atoms with van der Waals surface area (Å²) in [7, 11) is -3.86. The van der Waals surface area contributed by atoms with Crippen LogP contribution in [-0.2, 0) is 10.0 Å². The molecule has 8 heteroatoms. The number of Topliss-reactive ketones (excluding diaryl/α,β-unsaturated/α-hetero) is 1. The number of anilines is 1. The predicted octanol–water partition coefficient (Wildman–Crippen LogP) is 3.83. The molecule has 132 valence electrons. The summed E-state index contributed by atoms with van der Waals surface area (Å²) in [5.41, 5.74) is 1.33. The van der Waals surface area contributed by atoms with Gasteiger partial charge in [-0.2, -0.15) is 8.42 Å². The van der Waals surface area contributed by atoms with Crippen LogP contribution < -0.4 is 4.72 Å². The Labute approximate surface area is 150 Å². The predicted molar refractivity (Wildman–Crippen MR) is 99.2 cm³/mol. The van der Waals surface area contributed by atoms with Gasteiger partial charge in [0.15, 0.2) is 15.8 Å². The van der Waals surface area contributed by atoms with E-state index in [-0.39, 0.29) is 16.7 Å². The number of nitrogens with zero attached hydrogens (tertiary/aromatic N) is 2. The van der Waals surface area contributed by atoms with Crippen molar-refractivity contribution in [2.75, 3.05) is 4.72 Å². The Morgan fingerprint density at radius 1 is 1.32 bits per heavy atom. The molecule has 0 bridgehead atoms. The van der Waals surface area contributed by atoms with Crippen LogP contribution in [0.3, 0.4) is 0 Å². The quantitative estimate of drug-likeness (QED) is 0.685. The van der Waals surface area contributed by atoms with Crippen molar-refractivity contribution in [3.05, 3.63) is 46.6 Å². The zero-order valence-corrected chi connectivity index (χ0v) is 16.0. The highest BCUT2D eigenvalue weighted by Crippen LogP contribution is 2.30. The largest absolute Gasteiger partial charge is 0.295 e. The zero-order chi connectivity index (χ0) is 18.4. The van der Waals surface area contributed by atoms with Crippen molar-refractivity contribution in [1.29, 1.82) is 0 Å². The minimum absolute atomic E-state index is 0.0393. The lowest BCUT2D eigenvalue weighted by Gasteiger charge is -2.11. The van der Waals surface area contributed by atoms with Crippen LogP contribution in [0.4, 0.5) is 5.69 Å². The second kappa shape index (κ2) is 6.27. The van der Waals surface area contributed by atoms with Crippen LogP contribution in [0, 0.1) is 6.92 Å². The van der Waals surface area contributed by atoms with E-state index in [2.05, 4.69) is 9.71 Å². The van der Waals surface area contributed by atoms with Crippen molar-refractivity contribution in [2.45, 2.75) is 38.6 Å². The Kier molecular flexibility index (Phi) is 4.42. The number of aromatic nitrogens is 2. The molecule has 1 aromatic carbocycles. The Hall–Kier alpha value is -2.19. The van der Waals surface area contributed by atoms with Gasteiger partial charge in [0.1, 0.15) is 0 Å². The topological polar surface area (TPSA) is 80.5 Å². The molecule has 2 aromatic heterocycles. The molecule has 0 radical (unpaired) electrons. The number of ketones is 1. The van der Waals surface area contributed by atoms with E-state index in [1.54, 1.807) is 28.8 Å². The maximum absolute atomic E-state index is 13.0. The fraction of sp³-hybridized carbons (Fsp3) is 0.294. The third kappa shape index (κ3) is 3.32.